The Morgan fingerprint density at radius 3 is 1.00 bits per heavy atom. The molecule has 0 heterocycles. The van der Waals surface area contributed by atoms with Crippen molar-refractivity contribution < 1.29 is 26.6 Å². The summed E-state index contributed by atoms with van der Waals surface area (Å²) in [5.74, 6) is 0. The highest BCUT2D eigenvalue weighted by Gasteiger charge is 2.65. The maximum atomic E-state index is 7.38. The van der Waals surface area contributed by atoms with E-state index in [1.807, 2.05) is 41.5 Å². The van der Waals surface area contributed by atoms with Gasteiger partial charge in [-0.1, -0.05) is 13.8 Å². The predicted octanol–water partition coefficient (Wildman–Crippen LogP) is 3.69. The number of rotatable bonds is 20. The van der Waals surface area contributed by atoms with Crippen LogP contribution in [0.25, 0.3) is 0 Å². The molecule has 0 rings (SSSR count). The summed E-state index contributed by atoms with van der Waals surface area (Å²) in [4.78, 5) is 0. The Hall–Kier alpha value is 0.114. The third kappa shape index (κ3) is 7.56. The predicted molar refractivity (Wildman–Crippen MR) is 130 cm³/mol. The highest BCUT2D eigenvalue weighted by atomic mass is 28.4. The van der Waals surface area contributed by atoms with Gasteiger partial charge in [-0.15, -0.1) is 0 Å². The number of hydrogen-bond acceptors (Lipinski definition) is 8. The van der Waals surface area contributed by atoms with Crippen LogP contribution in [0, 0.1) is 0 Å². The van der Waals surface area contributed by atoms with Gasteiger partial charge >= 0.3 is 17.6 Å². The van der Waals surface area contributed by atoms with Crippen molar-refractivity contribution in [3.63, 3.8) is 0 Å². The Morgan fingerprint density at radius 1 is 0.581 bits per heavy atom. The second-order valence-electron chi connectivity index (χ2n) is 7.38. The normalized spacial score (nSPS) is 16.8. The lowest BCUT2D eigenvalue weighted by molar-refractivity contribution is 0.0290. The van der Waals surface area contributed by atoms with Crippen LogP contribution >= 0.6 is 0 Å². The van der Waals surface area contributed by atoms with E-state index in [-0.39, 0.29) is 11.1 Å². The molecule has 0 bridgehead atoms. The summed E-state index contributed by atoms with van der Waals surface area (Å²) in [7, 11) is -6.30. The summed E-state index contributed by atoms with van der Waals surface area (Å²) < 4.78 is 37.9. The van der Waals surface area contributed by atoms with Crippen LogP contribution in [0.15, 0.2) is 0 Å². The molecule has 0 aliphatic heterocycles. The van der Waals surface area contributed by atoms with Gasteiger partial charge in [0.15, 0.2) is 0 Å². The van der Waals surface area contributed by atoms with Gasteiger partial charge in [0, 0.05) is 56.3 Å². The molecule has 4 N–H and O–H groups in total. The molecule has 0 amide bonds. The monoisotopic (exact) mass is 482 g/mol. The molecule has 0 aromatic heterocycles. The van der Waals surface area contributed by atoms with Crippen LogP contribution in [0.2, 0.25) is 11.1 Å². The van der Waals surface area contributed by atoms with E-state index in [9.17, 15) is 0 Å². The fourth-order valence-corrected chi connectivity index (χ4v) is 12.1. The van der Waals surface area contributed by atoms with Gasteiger partial charge in [-0.2, -0.15) is 0 Å². The first-order valence-electron chi connectivity index (χ1n) is 12.1. The highest BCUT2D eigenvalue weighted by molar-refractivity contribution is 6.65. The lowest BCUT2D eigenvalue weighted by Gasteiger charge is -2.51. The summed E-state index contributed by atoms with van der Waals surface area (Å²) in [5, 5.41) is 0. The molecular weight excluding hydrogens is 432 g/mol. The Bertz CT molecular complexity index is 394. The first-order valence-corrected chi connectivity index (χ1v) is 15.7. The lowest BCUT2D eigenvalue weighted by Crippen LogP contribution is -2.68. The molecule has 2 unspecified atom stereocenters. The SMILES string of the molecule is CCO[Si](OCC)(OCC)C(CC)C(N)(CCN)C(CC)[Si](OCC)(OCC)OCC. The van der Waals surface area contributed by atoms with Crippen LogP contribution in [-0.2, 0) is 26.6 Å². The first-order chi connectivity index (χ1) is 14.8. The first kappa shape index (κ1) is 31.1. The zero-order chi connectivity index (χ0) is 24.0. The second kappa shape index (κ2) is 15.9. The third-order valence-corrected chi connectivity index (χ3v) is 13.4. The van der Waals surface area contributed by atoms with Crippen molar-refractivity contribution in [1.82, 2.24) is 0 Å². The van der Waals surface area contributed by atoms with Crippen LogP contribution in [-0.4, -0.2) is 69.3 Å². The van der Waals surface area contributed by atoms with E-state index >= 15 is 0 Å². The van der Waals surface area contributed by atoms with E-state index in [4.69, 9.17) is 38.0 Å². The Morgan fingerprint density at radius 2 is 0.839 bits per heavy atom. The maximum absolute atomic E-state index is 7.38. The molecular formula is C21H50N2O6Si2. The van der Waals surface area contributed by atoms with Crippen molar-refractivity contribution in [2.45, 2.75) is 91.3 Å². The van der Waals surface area contributed by atoms with Crippen molar-refractivity contribution in [1.29, 1.82) is 0 Å². The van der Waals surface area contributed by atoms with Gasteiger partial charge in [0.25, 0.3) is 0 Å². The Kier molecular flexibility index (Phi) is 15.9. The summed E-state index contributed by atoms with van der Waals surface area (Å²) in [6.07, 6.45) is 2.02. The van der Waals surface area contributed by atoms with Crippen molar-refractivity contribution >= 4 is 17.6 Å². The van der Waals surface area contributed by atoms with Gasteiger partial charge in [0.2, 0.25) is 0 Å². The smallest absolute Gasteiger partial charge is 0.374 e. The van der Waals surface area contributed by atoms with Crippen LogP contribution < -0.4 is 11.5 Å². The molecule has 0 aromatic carbocycles. The molecule has 8 nitrogen and oxygen atoms in total. The summed E-state index contributed by atoms with van der Waals surface area (Å²) in [5.41, 5.74) is 12.4. The quantitative estimate of drug-likeness (QED) is 0.253. The molecule has 0 saturated carbocycles. The zero-order valence-electron chi connectivity index (χ0n) is 21.3. The van der Waals surface area contributed by atoms with E-state index < -0.39 is 23.1 Å². The maximum Gasteiger partial charge on any atom is 0.506 e. The topological polar surface area (TPSA) is 107 Å². The number of nitrogens with two attached hydrogens (primary N) is 2. The molecule has 0 spiro atoms. The largest absolute Gasteiger partial charge is 0.506 e. The van der Waals surface area contributed by atoms with Gasteiger partial charge in [-0.05, 0) is 67.3 Å². The van der Waals surface area contributed by atoms with E-state index in [2.05, 4.69) is 13.8 Å². The molecule has 0 aliphatic rings. The minimum atomic E-state index is -3.15. The molecule has 2 atom stereocenters. The fraction of sp³-hybridized carbons (Fsp3) is 1.00. The molecule has 0 aliphatic carbocycles. The van der Waals surface area contributed by atoms with Gasteiger partial charge in [0.05, 0.1) is 0 Å². The van der Waals surface area contributed by atoms with Crippen LogP contribution in [0.5, 0.6) is 0 Å². The van der Waals surface area contributed by atoms with Crippen LogP contribution in [0.1, 0.15) is 74.7 Å². The fourth-order valence-electron chi connectivity index (χ4n) is 4.82. The average Bonchev–Trinajstić information content (AvgIpc) is 2.70. The van der Waals surface area contributed by atoms with E-state index in [0.717, 1.165) is 12.8 Å². The standard InChI is InChI=1S/C21H50N2O6Si2/c1-9-19(30(24-11-3,25-12-4)26-13-5)21(23,17-18-22)20(10-2)31(27-14-6,28-15-7)29-16-8/h19-20H,9-18,22-23H2,1-8H3. The molecule has 188 valence electrons. The molecule has 0 saturated heterocycles. The van der Waals surface area contributed by atoms with Crippen LogP contribution in [0.3, 0.4) is 0 Å². The molecule has 31 heavy (non-hydrogen) atoms. The second-order valence-corrected chi connectivity index (χ2v) is 12.9. The molecule has 0 radical (unpaired) electrons. The Labute approximate surface area is 193 Å². The molecule has 10 heteroatoms. The highest BCUT2D eigenvalue weighted by Crippen LogP contribution is 2.50. The van der Waals surface area contributed by atoms with E-state index in [1.165, 1.54) is 0 Å². The molecule has 0 fully saturated rings. The minimum absolute atomic E-state index is 0.179. The van der Waals surface area contributed by atoms with Gasteiger partial charge in [-0.25, -0.2) is 0 Å². The van der Waals surface area contributed by atoms with E-state index in [0.29, 0.717) is 52.6 Å². The van der Waals surface area contributed by atoms with Crippen molar-refractivity contribution in [2.24, 2.45) is 11.5 Å². The van der Waals surface area contributed by atoms with Gasteiger partial charge in [-0.3, -0.25) is 0 Å². The molecule has 0 aromatic rings. The van der Waals surface area contributed by atoms with Crippen molar-refractivity contribution in [3.05, 3.63) is 0 Å². The van der Waals surface area contributed by atoms with Crippen LogP contribution in [0.4, 0.5) is 0 Å². The lowest BCUT2D eigenvalue weighted by atomic mass is 9.85. The number of hydrogen-bond donors (Lipinski definition) is 2. The zero-order valence-corrected chi connectivity index (χ0v) is 23.3. The van der Waals surface area contributed by atoms with Gasteiger partial charge in [0.1, 0.15) is 0 Å². The van der Waals surface area contributed by atoms with Gasteiger partial charge < -0.3 is 38.0 Å². The summed E-state index contributed by atoms with van der Waals surface area (Å²) in [6, 6.07) is 0. The Balaban J connectivity index is 6.80. The van der Waals surface area contributed by atoms with E-state index in [1.54, 1.807) is 0 Å². The third-order valence-electron chi connectivity index (χ3n) is 5.62. The van der Waals surface area contributed by atoms with Crippen molar-refractivity contribution in [2.75, 3.05) is 46.2 Å². The van der Waals surface area contributed by atoms with Crippen molar-refractivity contribution in [3.8, 4) is 0 Å². The summed E-state index contributed by atoms with van der Waals surface area (Å²) in [6.45, 7) is 19.4. The summed E-state index contributed by atoms with van der Waals surface area (Å²) >= 11 is 0. The minimum Gasteiger partial charge on any atom is -0.374 e. The average molecular weight is 483 g/mol.